The quantitative estimate of drug-likeness (QED) is 0.297. The van der Waals surface area contributed by atoms with Crippen molar-refractivity contribution in [2.75, 3.05) is 12.9 Å². The average molecular weight is 386 g/mol. The summed E-state index contributed by atoms with van der Waals surface area (Å²) in [6.07, 6.45) is 3.27. The molecule has 0 fully saturated rings. The second kappa shape index (κ2) is 7.63. The highest BCUT2D eigenvalue weighted by Gasteiger charge is 2.22. The topological polar surface area (TPSA) is 49.2 Å². The Bertz CT molecular complexity index is 738. The third-order valence-electron chi connectivity index (χ3n) is 3.43. The van der Waals surface area contributed by atoms with Gasteiger partial charge in [-0.25, -0.2) is 9.37 Å². The van der Waals surface area contributed by atoms with Gasteiger partial charge in [-0.05, 0) is 33.1 Å². The molecule has 5 nitrogen and oxygen atoms in total. The molecule has 25 heavy (non-hydrogen) atoms. The zero-order valence-corrected chi connectivity index (χ0v) is 18.0. The Balaban J connectivity index is 2.34. The van der Waals surface area contributed by atoms with Gasteiger partial charge in [0, 0.05) is 20.9 Å². The van der Waals surface area contributed by atoms with E-state index in [9.17, 15) is 4.39 Å². The van der Waals surface area contributed by atoms with Crippen LogP contribution in [0.4, 0.5) is 4.39 Å². The normalized spacial score (nSPS) is 12.8. The van der Waals surface area contributed by atoms with Crippen LogP contribution >= 0.6 is 11.8 Å². The first-order valence-corrected chi connectivity index (χ1v) is 13.3. The Morgan fingerprint density at radius 3 is 2.48 bits per heavy atom. The first-order chi connectivity index (χ1) is 11.5. The maximum atomic E-state index is 14.4. The summed E-state index contributed by atoms with van der Waals surface area (Å²) in [7, 11) is -1.16. The smallest absolute Gasteiger partial charge is 0.243 e. The van der Waals surface area contributed by atoms with Crippen LogP contribution in [0.3, 0.4) is 0 Å². The minimum atomic E-state index is -1.16. The van der Waals surface area contributed by atoms with Crippen LogP contribution in [0.2, 0.25) is 25.7 Å². The first-order valence-electron chi connectivity index (χ1n) is 8.37. The molecule has 0 bridgehead atoms. The number of nitrogens with zero attached hydrogens (tertiary/aromatic N) is 3. The summed E-state index contributed by atoms with van der Waals surface area (Å²) in [6.45, 7) is 13.6. The maximum absolute atomic E-state index is 14.4. The van der Waals surface area contributed by atoms with E-state index in [1.54, 1.807) is 4.57 Å². The fraction of sp³-hybridized carbons (Fsp3) is 0.647. The van der Waals surface area contributed by atoms with Gasteiger partial charge < -0.3 is 14.0 Å². The average Bonchev–Trinajstić information content (AvgIpc) is 2.78. The van der Waals surface area contributed by atoms with Gasteiger partial charge >= 0.3 is 0 Å². The molecule has 0 saturated heterocycles. The zero-order chi connectivity index (χ0) is 18.8. The van der Waals surface area contributed by atoms with Gasteiger partial charge in [-0.15, -0.1) is 0 Å². The monoisotopic (exact) mass is 385 g/mol. The number of halogens is 1. The molecule has 2 heterocycles. The summed E-state index contributed by atoms with van der Waals surface area (Å²) in [4.78, 5) is 8.74. The van der Waals surface area contributed by atoms with E-state index in [-0.39, 0.29) is 18.1 Å². The van der Waals surface area contributed by atoms with Crippen molar-refractivity contribution in [3.05, 3.63) is 12.0 Å². The van der Waals surface area contributed by atoms with Gasteiger partial charge in [0.25, 0.3) is 0 Å². The van der Waals surface area contributed by atoms with Crippen molar-refractivity contribution in [2.24, 2.45) is 0 Å². The van der Waals surface area contributed by atoms with Crippen LogP contribution in [0.5, 0.6) is 5.88 Å². The lowest BCUT2D eigenvalue weighted by Crippen LogP contribution is -2.24. The molecule has 2 aromatic heterocycles. The highest BCUT2D eigenvalue weighted by Crippen LogP contribution is 2.31. The lowest BCUT2D eigenvalue weighted by atomic mass is 10.2. The number of rotatable bonds is 7. The lowest BCUT2D eigenvalue weighted by molar-refractivity contribution is 0.0877. The van der Waals surface area contributed by atoms with Gasteiger partial charge in [-0.2, -0.15) is 4.98 Å². The molecule has 0 radical (unpaired) electrons. The summed E-state index contributed by atoms with van der Waals surface area (Å²) < 4.78 is 27.8. The predicted molar refractivity (Wildman–Crippen MR) is 104 cm³/mol. The molecule has 0 aromatic carbocycles. The molecule has 0 aliphatic rings. The Labute approximate surface area is 154 Å². The van der Waals surface area contributed by atoms with E-state index in [1.807, 2.05) is 27.0 Å². The number of aromatic nitrogens is 3. The summed E-state index contributed by atoms with van der Waals surface area (Å²) in [5.41, 5.74) is 0.368. The molecule has 0 N–H and O–H groups in total. The van der Waals surface area contributed by atoms with Gasteiger partial charge in [-0.1, -0.05) is 31.4 Å². The number of ether oxygens (including phenoxy) is 2. The van der Waals surface area contributed by atoms with E-state index in [2.05, 4.69) is 29.6 Å². The summed E-state index contributed by atoms with van der Waals surface area (Å²) in [5, 5.41) is 0.489. The van der Waals surface area contributed by atoms with Crippen molar-refractivity contribution in [1.29, 1.82) is 0 Å². The molecule has 0 saturated carbocycles. The van der Waals surface area contributed by atoms with E-state index in [4.69, 9.17) is 9.47 Å². The van der Waals surface area contributed by atoms with Crippen LogP contribution in [0.15, 0.2) is 11.4 Å². The fourth-order valence-corrected chi connectivity index (χ4v) is 3.31. The van der Waals surface area contributed by atoms with E-state index in [0.717, 1.165) is 6.04 Å². The van der Waals surface area contributed by atoms with E-state index < -0.39 is 13.7 Å². The standard InChI is InChI=1S/C17H28FN3O2SSi/c1-17(2,3)23-15-14-13(19-16(20-15)24-4)12(18)10-21(14)11-22-8-9-25(5,6)7/h10H,8-9,11H2,1-7H3. The molecular formula is C17H28FN3O2SSi. The summed E-state index contributed by atoms with van der Waals surface area (Å²) in [5.74, 6) is -0.000183. The van der Waals surface area contributed by atoms with Crippen LogP contribution in [-0.2, 0) is 11.5 Å². The molecular weight excluding hydrogens is 357 g/mol. The van der Waals surface area contributed by atoms with Crippen LogP contribution in [0.25, 0.3) is 11.0 Å². The number of thioether (sulfide) groups is 1. The second-order valence-corrected chi connectivity index (χ2v) is 14.6. The third kappa shape index (κ3) is 5.69. The molecule has 0 amide bonds. The van der Waals surface area contributed by atoms with Crippen LogP contribution in [0, 0.1) is 5.82 Å². The first kappa shape index (κ1) is 20.2. The highest BCUT2D eigenvalue weighted by molar-refractivity contribution is 7.98. The van der Waals surface area contributed by atoms with Crippen molar-refractivity contribution in [3.8, 4) is 5.88 Å². The third-order valence-corrected chi connectivity index (χ3v) is 5.68. The molecule has 2 aromatic rings. The molecule has 8 heteroatoms. The van der Waals surface area contributed by atoms with Gasteiger partial charge in [0.15, 0.2) is 11.0 Å². The van der Waals surface area contributed by atoms with Crippen LogP contribution in [0.1, 0.15) is 20.8 Å². The molecule has 2 rings (SSSR count). The van der Waals surface area contributed by atoms with Crippen molar-refractivity contribution in [3.63, 3.8) is 0 Å². The van der Waals surface area contributed by atoms with Gasteiger partial charge in [0.2, 0.25) is 5.88 Å². The predicted octanol–water partition coefficient (Wildman–Crippen LogP) is 4.78. The van der Waals surface area contributed by atoms with E-state index in [1.165, 1.54) is 18.0 Å². The molecule has 0 atom stereocenters. The number of fused-ring (bicyclic) bond motifs is 1. The molecule has 0 unspecified atom stereocenters. The Morgan fingerprint density at radius 1 is 1.24 bits per heavy atom. The number of hydrogen-bond donors (Lipinski definition) is 0. The minimum Gasteiger partial charge on any atom is -0.470 e. The molecule has 0 spiro atoms. The van der Waals surface area contributed by atoms with Gasteiger partial charge in [0.05, 0.1) is 0 Å². The van der Waals surface area contributed by atoms with Crippen molar-refractivity contribution in [2.45, 2.75) is 63.9 Å². The summed E-state index contributed by atoms with van der Waals surface area (Å²) >= 11 is 1.36. The molecule has 0 aliphatic heterocycles. The van der Waals surface area contributed by atoms with Crippen molar-refractivity contribution in [1.82, 2.24) is 14.5 Å². The van der Waals surface area contributed by atoms with Crippen molar-refractivity contribution >= 4 is 30.9 Å². The Morgan fingerprint density at radius 2 is 1.92 bits per heavy atom. The summed E-state index contributed by atoms with van der Waals surface area (Å²) in [6, 6.07) is 1.06. The van der Waals surface area contributed by atoms with Gasteiger partial charge in [-0.3, -0.25) is 0 Å². The zero-order valence-electron chi connectivity index (χ0n) is 16.1. The Kier molecular flexibility index (Phi) is 6.16. The van der Waals surface area contributed by atoms with E-state index in [0.29, 0.717) is 23.2 Å². The SMILES string of the molecule is CSc1nc(OC(C)(C)C)c2c(n1)c(F)cn2COCC[Si](C)(C)C. The Hall–Kier alpha value is -1.12. The largest absolute Gasteiger partial charge is 0.470 e. The van der Waals surface area contributed by atoms with E-state index >= 15 is 0 Å². The second-order valence-electron chi connectivity index (χ2n) is 8.22. The minimum absolute atomic E-state index is 0.257. The highest BCUT2D eigenvalue weighted by atomic mass is 32.2. The maximum Gasteiger partial charge on any atom is 0.243 e. The fourth-order valence-electron chi connectivity index (χ4n) is 2.20. The number of hydrogen-bond acceptors (Lipinski definition) is 5. The van der Waals surface area contributed by atoms with Crippen molar-refractivity contribution < 1.29 is 13.9 Å². The lowest BCUT2D eigenvalue weighted by Gasteiger charge is -2.21. The van der Waals surface area contributed by atoms with Crippen LogP contribution in [-0.4, -0.2) is 41.1 Å². The van der Waals surface area contributed by atoms with Gasteiger partial charge in [0.1, 0.15) is 23.4 Å². The molecule has 140 valence electrons. The molecule has 0 aliphatic carbocycles. The van der Waals surface area contributed by atoms with Crippen LogP contribution < -0.4 is 4.74 Å².